The molecule has 4 rings (SSSR count). The van der Waals surface area contributed by atoms with Crippen molar-refractivity contribution in [3.05, 3.63) is 0 Å². The highest BCUT2D eigenvalue weighted by molar-refractivity contribution is 4.99. The Morgan fingerprint density at radius 1 is 0.800 bits per heavy atom. The van der Waals surface area contributed by atoms with Crippen LogP contribution in [0.3, 0.4) is 0 Å². The molecule has 1 N–H and O–H groups in total. The third kappa shape index (κ3) is 4.26. The normalized spacial score (nSPS) is 43.8. The van der Waals surface area contributed by atoms with E-state index in [0.717, 1.165) is 29.8 Å². The lowest BCUT2D eigenvalue weighted by atomic mass is 9.67. The van der Waals surface area contributed by atoms with E-state index in [4.69, 9.17) is 4.74 Å². The van der Waals surface area contributed by atoms with E-state index in [1.807, 2.05) is 0 Å². The molecule has 0 saturated carbocycles. The maximum Gasteiger partial charge on any atom is 0.0637 e. The first kappa shape index (κ1) is 18.3. The van der Waals surface area contributed by atoms with Gasteiger partial charge in [-0.2, -0.15) is 0 Å². The molecule has 0 amide bonds. The summed E-state index contributed by atoms with van der Waals surface area (Å²) in [4.78, 5) is 0. The first-order chi connectivity index (χ1) is 11.7. The number of fused-ring (bicyclic) bond motifs is 4. The van der Waals surface area contributed by atoms with Crippen LogP contribution in [-0.2, 0) is 4.74 Å². The van der Waals surface area contributed by atoms with Gasteiger partial charge in [0, 0.05) is 12.1 Å². The van der Waals surface area contributed by atoms with Crippen molar-refractivity contribution in [1.29, 1.82) is 0 Å². The van der Waals surface area contributed by atoms with Crippen molar-refractivity contribution in [3.8, 4) is 0 Å². The molecule has 0 spiro atoms. The molecule has 0 aliphatic carbocycles. The Labute approximate surface area is 155 Å². The van der Waals surface area contributed by atoms with Crippen LogP contribution in [-0.4, -0.2) is 24.3 Å². The van der Waals surface area contributed by atoms with E-state index in [1.165, 1.54) is 57.8 Å². The number of piperidine rings is 1. The van der Waals surface area contributed by atoms with Gasteiger partial charge in [-0.1, -0.05) is 34.6 Å². The van der Waals surface area contributed by atoms with E-state index in [9.17, 15) is 0 Å². The van der Waals surface area contributed by atoms with Crippen molar-refractivity contribution in [1.82, 2.24) is 5.32 Å². The Hall–Kier alpha value is -0.0800. The summed E-state index contributed by atoms with van der Waals surface area (Å²) in [5, 5.41) is 3.81. The highest BCUT2D eigenvalue weighted by Crippen LogP contribution is 2.51. The predicted molar refractivity (Wildman–Crippen MR) is 105 cm³/mol. The second kappa shape index (κ2) is 6.51. The molecule has 0 aromatic carbocycles. The molecule has 4 saturated heterocycles. The monoisotopic (exact) mass is 347 g/mol. The molecule has 0 radical (unpaired) electrons. The van der Waals surface area contributed by atoms with Crippen LogP contribution in [0.15, 0.2) is 0 Å². The van der Waals surface area contributed by atoms with Crippen LogP contribution in [0.5, 0.6) is 0 Å². The Morgan fingerprint density at radius 3 is 1.96 bits per heavy atom. The summed E-state index contributed by atoms with van der Waals surface area (Å²) in [7, 11) is 0. The summed E-state index contributed by atoms with van der Waals surface area (Å²) in [5.74, 6) is 2.59. The van der Waals surface area contributed by atoms with Gasteiger partial charge < -0.3 is 10.1 Å². The molecule has 4 fully saturated rings. The average Bonchev–Trinajstić information content (AvgIpc) is 3.10. The molecule has 3 unspecified atom stereocenters. The number of ether oxygens (including phenoxy) is 1. The molecule has 4 aliphatic rings. The van der Waals surface area contributed by atoms with Gasteiger partial charge in [0.05, 0.1) is 12.2 Å². The summed E-state index contributed by atoms with van der Waals surface area (Å²) in [6.07, 6.45) is 13.7. The van der Waals surface area contributed by atoms with Crippen molar-refractivity contribution < 1.29 is 4.74 Å². The number of hydrogen-bond donors (Lipinski definition) is 1. The molecular formula is C23H41NO. The topological polar surface area (TPSA) is 21.3 Å². The van der Waals surface area contributed by atoms with Crippen LogP contribution in [0, 0.1) is 28.6 Å². The lowest BCUT2D eigenvalue weighted by Crippen LogP contribution is -2.40. The van der Waals surface area contributed by atoms with Crippen molar-refractivity contribution in [2.24, 2.45) is 28.6 Å². The van der Waals surface area contributed by atoms with E-state index in [0.29, 0.717) is 23.0 Å². The van der Waals surface area contributed by atoms with Crippen LogP contribution in [0.25, 0.3) is 0 Å². The smallest absolute Gasteiger partial charge is 0.0637 e. The third-order valence-electron chi connectivity index (χ3n) is 7.51. The van der Waals surface area contributed by atoms with Crippen LogP contribution in [0.4, 0.5) is 0 Å². The quantitative estimate of drug-likeness (QED) is 0.703. The number of rotatable bonds is 5. The average molecular weight is 348 g/mol. The predicted octanol–water partition coefficient (Wildman–Crippen LogP) is 5.55. The van der Waals surface area contributed by atoms with Crippen molar-refractivity contribution in [2.45, 2.75) is 117 Å². The fraction of sp³-hybridized carbons (Fsp3) is 1.00. The molecule has 4 bridgehead atoms. The largest absolute Gasteiger partial charge is 0.374 e. The number of nitrogens with one attached hydrogen (secondary N) is 1. The Balaban J connectivity index is 1.33. The van der Waals surface area contributed by atoms with Crippen LogP contribution in [0.1, 0.15) is 92.4 Å². The van der Waals surface area contributed by atoms with Crippen molar-refractivity contribution in [2.75, 3.05) is 0 Å². The van der Waals surface area contributed by atoms with E-state index in [-0.39, 0.29) is 0 Å². The first-order valence-electron chi connectivity index (χ1n) is 11.1. The van der Waals surface area contributed by atoms with Gasteiger partial charge in [0.2, 0.25) is 0 Å². The molecule has 6 atom stereocenters. The molecule has 25 heavy (non-hydrogen) atoms. The van der Waals surface area contributed by atoms with Gasteiger partial charge in [-0.3, -0.25) is 0 Å². The minimum absolute atomic E-state index is 0.437. The number of hydrogen-bond acceptors (Lipinski definition) is 2. The Kier molecular flexibility index (Phi) is 4.77. The zero-order chi connectivity index (χ0) is 17.8. The van der Waals surface area contributed by atoms with Gasteiger partial charge >= 0.3 is 0 Å². The first-order valence-corrected chi connectivity index (χ1v) is 11.1. The van der Waals surface area contributed by atoms with Gasteiger partial charge in [-0.25, -0.2) is 0 Å². The van der Waals surface area contributed by atoms with Gasteiger partial charge in [-0.15, -0.1) is 0 Å². The molecule has 0 aromatic rings. The highest BCUT2D eigenvalue weighted by atomic mass is 16.5. The van der Waals surface area contributed by atoms with E-state index >= 15 is 0 Å². The molecule has 144 valence electrons. The Morgan fingerprint density at radius 2 is 1.40 bits per heavy atom. The fourth-order valence-corrected chi connectivity index (χ4v) is 7.08. The minimum Gasteiger partial charge on any atom is -0.374 e. The maximum atomic E-state index is 6.41. The summed E-state index contributed by atoms with van der Waals surface area (Å²) < 4.78 is 6.41. The van der Waals surface area contributed by atoms with Crippen LogP contribution < -0.4 is 5.32 Å². The van der Waals surface area contributed by atoms with Gasteiger partial charge in [0.25, 0.3) is 0 Å². The van der Waals surface area contributed by atoms with Gasteiger partial charge in [-0.05, 0) is 86.4 Å². The van der Waals surface area contributed by atoms with Crippen molar-refractivity contribution in [3.63, 3.8) is 0 Å². The second-order valence-corrected chi connectivity index (χ2v) is 12.0. The third-order valence-corrected chi connectivity index (χ3v) is 7.51. The minimum atomic E-state index is 0.437. The van der Waals surface area contributed by atoms with Crippen LogP contribution in [0.2, 0.25) is 0 Å². The van der Waals surface area contributed by atoms with E-state index < -0.39 is 0 Å². The van der Waals surface area contributed by atoms with E-state index in [1.54, 1.807) is 0 Å². The van der Waals surface area contributed by atoms with E-state index in [2.05, 4.69) is 39.9 Å². The highest BCUT2D eigenvalue weighted by Gasteiger charge is 2.49. The van der Waals surface area contributed by atoms with Gasteiger partial charge in [0.1, 0.15) is 0 Å². The standard InChI is InChI=1S/C23H41NO/c1-22(2,3)13-16-10-20-11-17(21(16)25-20)14-23(4,5)12-15-8-18-6-7-19(9-15)24-18/h15-21,24H,6-14H2,1-5H3/t15?,16-,17?,18?,19?,20-,21+/m0/s1. The summed E-state index contributed by atoms with van der Waals surface area (Å²) in [6, 6.07) is 1.67. The zero-order valence-electron chi connectivity index (χ0n) is 17.3. The molecule has 4 aliphatic heterocycles. The van der Waals surface area contributed by atoms with Gasteiger partial charge in [0.15, 0.2) is 0 Å². The molecule has 2 nitrogen and oxygen atoms in total. The molecule has 4 heterocycles. The molecular weight excluding hydrogens is 306 g/mol. The zero-order valence-corrected chi connectivity index (χ0v) is 17.3. The fourth-order valence-electron chi connectivity index (χ4n) is 7.08. The summed E-state index contributed by atoms with van der Waals surface area (Å²) in [5.41, 5.74) is 0.916. The lowest BCUT2D eigenvalue weighted by molar-refractivity contribution is 0.0514. The Bertz CT molecular complexity index is 467. The summed E-state index contributed by atoms with van der Waals surface area (Å²) in [6.45, 7) is 12.3. The van der Waals surface area contributed by atoms with Crippen molar-refractivity contribution >= 4 is 0 Å². The summed E-state index contributed by atoms with van der Waals surface area (Å²) >= 11 is 0. The maximum absolute atomic E-state index is 6.41. The second-order valence-electron chi connectivity index (χ2n) is 12.0. The molecule has 2 heteroatoms. The molecule has 0 aromatic heterocycles. The SMILES string of the molecule is CC(C)(C)C[C@@H]1C[C@H]2CC(CC(C)(C)CC3CC4CCC(C3)N4)[C@@H]1O2. The lowest BCUT2D eigenvalue weighted by Gasteiger charge is -2.39. The van der Waals surface area contributed by atoms with Crippen LogP contribution >= 0.6 is 0 Å².